The van der Waals surface area contributed by atoms with Crippen molar-refractivity contribution in [3.8, 4) is 11.5 Å². The van der Waals surface area contributed by atoms with Crippen molar-refractivity contribution in [2.45, 2.75) is 25.1 Å². The Bertz CT molecular complexity index is 1350. The van der Waals surface area contributed by atoms with Crippen LogP contribution in [0.2, 0.25) is 6.43 Å². The minimum Gasteiger partial charge on any atom is -0.454 e. The van der Waals surface area contributed by atoms with E-state index >= 15 is 0 Å². The van der Waals surface area contributed by atoms with Gasteiger partial charge in [-0.1, -0.05) is 16.8 Å². The van der Waals surface area contributed by atoms with Gasteiger partial charge in [-0.2, -0.15) is 0 Å². The Labute approximate surface area is 181 Å². The Morgan fingerprint density at radius 1 is 1.41 bits per heavy atom. The molecule has 1 N–H and O–H groups in total. The monoisotopic (exact) mass is 458 g/mol. The van der Waals surface area contributed by atoms with Gasteiger partial charge in [0, 0.05) is 10.5 Å². The summed E-state index contributed by atoms with van der Waals surface area (Å²) in [6, 6.07) is 4.58. The zero-order valence-electron chi connectivity index (χ0n) is 18.8. The van der Waals surface area contributed by atoms with Crippen LogP contribution in [-0.4, -0.2) is 26.2 Å². The average molecular weight is 459 g/mol. The van der Waals surface area contributed by atoms with Crippen LogP contribution in [0.4, 0.5) is 5.88 Å². The summed E-state index contributed by atoms with van der Waals surface area (Å²) >= 11 is 6.81. The van der Waals surface area contributed by atoms with Crippen LogP contribution in [0, 0.1) is 13.8 Å². The second-order valence-electron chi connectivity index (χ2n) is 6.06. The standard InChI is InChI=1S/C18H15ClN2O6S2/c1-9-5-13-14(26-8-25-13)7-11(9)6-12(22)17-15(3-4-28-17)29(23,24)21-18-16(19)10(2)20-27-18/h3-5,7,21H,6,8H2,1-2H3/i2D3/hD. The molecule has 1 aliphatic heterocycles. The first-order valence-electron chi connectivity index (χ1n) is 10.1. The molecule has 3 aromatic rings. The highest BCUT2D eigenvalue weighted by Crippen LogP contribution is 2.36. The highest BCUT2D eigenvalue weighted by Gasteiger charge is 2.27. The maximum atomic E-state index is 13.1. The van der Waals surface area contributed by atoms with Crippen LogP contribution in [0.3, 0.4) is 0 Å². The summed E-state index contributed by atoms with van der Waals surface area (Å²) in [6.45, 7) is -0.904. The van der Waals surface area contributed by atoms with E-state index in [1.54, 1.807) is 19.1 Å². The molecule has 0 aliphatic carbocycles. The number of hydrogen-bond acceptors (Lipinski definition) is 8. The number of anilines is 1. The number of ketones is 1. The van der Waals surface area contributed by atoms with Crippen molar-refractivity contribution in [2.24, 2.45) is 0 Å². The van der Waals surface area contributed by atoms with Crippen molar-refractivity contribution >= 4 is 44.6 Å². The minimum atomic E-state index is -4.65. The molecule has 1 aromatic carbocycles. The number of nitrogens with zero attached hydrogens (tertiary/aromatic N) is 1. The predicted molar refractivity (Wildman–Crippen MR) is 107 cm³/mol. The van der Waals surface area contributed by atoms with Crippen LogP contribution in [0.1, 0.15) is 30.6 Å². The molecule has 3 heterocycles. The molecular formula is C18H15ClN2O6S2. The van der Waals surface area contributed by atoms with E-state index in [0.29, 0.717) is 17.1 Å². The van der Waals surface area contributed by atoms with Gasteiger partial charge in [0.2, 0.25) is 6.79 Å². The smallest absolute Gasteiger partial charge is 0.265 e. The molecule has 0 amide bonds. The summed E-state index contributed by atoms with van der Waals surface area (Å²) in [4.78, 5) is 12.5. The second-order valence-corrected chi connectivity index (χ2v) is 8.93. The van der Waals surface area contributed by atoms with Crippen LogP contribution in [0.25, 0.3) is 0 Å². The molecule has 0 saturated heterocycles. The fourth-order valence-corrected chi connectivity index (χ4v) is 5.18. The highest BCUT2D eigenvalue weighted by molar-refractivity contribution is 7.93. The zero-order valence-corrected chi connectivity index (χ0v) is 17.2. The van der Waals surface area contributed by atoms with E-state index in [1.165, 1.54) is 11.4 Å². The van der Waals surface area contributed by atoms with Gasteiger partial charge in [0.1, 0.15) is 15.6 Å². The molecule has 152 valence electrons. The Morgan fingerprint density at radius 2 is 2.17 bits per heavy atom. The maximum absolute atomic E-state index is 13.1. The Hall–Kier alpha value is -2.56. The predicted octanol–water partition coefficient (Wildman–Crippen LogP) is 3.96. The molecule has 8 nitrogen and oxygen atoms in total. The van der Waals surface area contributed by atoms with Gasteiger partial charge in [0.25, 0.3) is 15.9 Å². The molecule has 4 rings (SSSR count). The number of halogens is 1. The number of nitrogens with one attached hydrogen (secondary N) is 1. The maximum Gasteiger partial charge on any atom is 0.265 e. The fourth-order valence-electron chi connectivity index (χ4n) is 2.72. The summed E-state index contributed by atoms with van der Waals surface area (Å²) in [5.41, 5.74) is 0.720. The molecule has 0 atom stereocenters. The van der Waals surface area contributed by atoms with E-state index in [2.05, 4.69) is 5.16 Å². The van der Waals surface area contributed by atoms with Gasteiger partial charge in [0.05, 0.1) is 4.88 Å². The average Bonchev–Trinajstić information content (AvgIpc) is 3.46. The first-order chi connectivity index (χ1) is 15.4. The van der Waals surface area contributed by atoms with E-state index in [0.717, 1.165) is 16.9 Å². The molecule has 29 heavy (non-hydrogen) atoms. The lowest BCUT2D eigenvalue weighted by atomic mass is 10.0. The van der Waals surface area contributed by atoms with Crippen LogP contribution < -0.4 is 14.2 Å². The molecular weight excluding hydrogens is 440 g/mol. The molecule has 0 unspecified atom stereocenters. The quantitative estimate of drug-likeness (QED) is 0.557. The molecule has 0 saturated carbocycles. The molecule has 2 aromatic heterocycles. The third kappa shape index (κ3) is 3.70. The van der Waals surface area contributed by atoms with E-state index in [4.69, 9.17) is 31.1 Å². The molecule has 11 heteroatoms. The molecule has 0 bridgehead atoms. The Balaban J connectivity index is 1.64. The van der Waals surface area contributed by atoms with Crippen LogP contribution in [-0.2, 0) is 16.4 Å². The van der Waals surface area contributed by atoms with Crippen LogP contribution in [0.5, 0.6) is 11.5 Å². The molecule has 0 spiro atoms. The normalized spacial score (nSPS) is 15.4. The summed E-state index contributed by atoms with van der Waals surface area (Å²) in [5, 5.41) is 4.04. The molecule has 0 radical (unpaired) electrons. The van der Waals surface area contributed by atoms with E-state index in [-0.39, 0.29) is 22.8 Å². The number of carbonyl (C=O) groups is 1. The Kier molecular flexibility index (Phi) is 3.88. The summed E-state index contributed by atoms with van der Waals surface area (Å²) in [6.07, 6.45) is -0.115. The molecule has 0 fully saturated rings. The number of hydrogen-bond donors (Lipinski definition) is 1. The fraction of sp³-hybridized carbons (Fsp3) is 0.222. The highest BCUT2D eigenvalue weighted by atomic mass is 35.5. The number of carbonyl (C=O) groups excluding carboxylic acids is 1. The number of fused-ring (bicyclic) bond motifs is 1. The summed E-state index contributed by atoms with van der Waals surface area (Å²) < 4.78 is 71.6. The van der Waals surface area contributed by atoms with Crippen molar-refractivity contribution in [3.63, 3.8) is 0 Å². The number of rotatable bonds is 6. The second kappa shape index (κ2) is 7.36. The molecule has 1 aliphatic rings. The zero-order chi connectivity index (χ0) is 24.1. The Morgan fingerprint density at radius 3 is 2.90 bits per heavy atom. The number of sulfonamides is 1. The van der Waals surface area contributed by atoms with Crippen molar-refractivity contribution in [2.75, 3.05) is 11.5 Å². The first kappa shape index (κ1) is 15.3. The van der Waals surface area contributed by atoms with Gasteiger partial charge in [0.15, 0.2) is 18.7 Å². The van der Waals surface area contributed by atoms with Gasteiger partial charge in [-0.3, -0.25) is 4.79 Å². The van der Waals surface area contributed by atoms with E-state index in [9.17, 15) is 13.2 Å². The van der Waals surface area contributed by atoms with Gasteiger partial charge < -0.3 is 14.0 Å². The van der Waals surface area contributed by atoms with Crippen LogP contribution in [0.15, 0.2) is 33.0 Å². The number of aromatic nitrogens is 1. The topological polar surface area (TPSA) is 108 Å². The number of benzene rings is 1. The van der Waals surface area contributed by atoms with Gasteiger partial charge in [-0.15, -0.1) is 11.3 Å². The van der Waals surface area contributed by atoms with Crippen molar-refractivity contribution < 1.29 is 32.7 Å². The number of Topliss-reactive ketones (excluding diaryl/α,β-unsaturated/α-hetero) is 1. The van der Waals surface area contributed by atoms with Crippen molar-refractivity contribution in [1.29, 1.82) is 0 Å². The SMILES string of the molecule is [2H]N(c1onc(C([2H])([2H])[2H])c1Cl)S(=O)(=O)c1ccsc1C(=O)Cc1cc2c(cc1C)OCO2. The van der Waals surface area contributed by atoms with Crippen molar-refractivity contribution in [3.05, 3.63) is 50.3 Å². The first-order valence-corrected chi connectivity index (χ1v) is 10.8. The van der Waals surface area contributed by atoms with Crippen molar-refractivity contribution in [1.82, 2.24) is 5.16 Å². The van der Waals surface area contributed by atoms with E-state index < -0.39 is 44.2 Å². The lowest BCUT2D eigenvalue weighted by molar-refractivity contribution is 0.0994. The lowest BCUT2D eigenvalue weighted by Gasteiger charge is -2.09. The largest absolute Gasteiger partial charge is 0.454 e. The number of thiophene rings is 1. The van der Waals surface area contributed by atoms with Crippen LogP contribution >= 0.6 is 22.9 Å². The van der Waals surface area contributed by atoms with Gasteiger partial charge in [-0.05, 0) is 48.5 Å². The third-order valence-corrected chi connectivity index (χ3v) is 6.89. The van der Waals surface area contributed by atoms with Gasteiger partial charge in [-0.25, -0.2) is 13.1 Å². The third-order valence-electron chi connectivity index (χ3n) is 4.16. The van der Waals surface area contributed by atoms with E-state index in [1.807, 2.05) is 0 Å². The number of ether oxygens (including phenoxy) is 2. The van der Waals surface area contributed by atoms with Gasteiger partial charge >= 0.3 is 0 Å². The lowest BCUT2D eigenvalue weighted by Crippen LogP contribution is -2.16. The number of aryl methyl sites for hydroxylation is 2. The summed E-state index contributed by atoms with van der Waals surface area (Å²) in [5.74, 6) is -0.233. The minimum absolute atomic E-state index is 0.0759. The summed E-state index contributed by atoms with van der Waals surface area (Å²) in [7, 11) is -4.65.